The highest BCUT2D eigenvalue weighted by Crippen LogP contribution is 2.22. The Morgan fingerprint density at radius 1 is 1.41 bits per heavy atom. The van der Waals surface area contributed by atoms with Gasteiger partial charge in [-0.05, 0) is 18.2 Å². The first-order valence-electron chi connectivity index (χ1n) is 5.43. The van der Waals surface area contributed by atoms with Crippen LogP contribution in [-0.4, -0.2) is 35.0 Å². The second-order valence-corrected chi connectivity index (χ2v) is 4.30. The lowest BCUT2D eigenvalue weighted by Crippen LogP contribution is -2.50. The van der Waals surface area contributed by atoms with Gasteiger partial charge in [-0.3, -0.25) is 9.59 Å². The summed E-state index contributed by atoms with van der Waals surface area (Å²) >= 11 is 0. The Hall–Kier alpha value is -2.04. The highest BCUT2D eigenvalue weighted by Gasteiger charge is 2.32. The van der Waals surface area contributed by atoms with Crippen molar-refractivity contribution in [3.05, 3.63) is 29.8 Å². The van der Waals surface area contributed by atoms with E-state index >= 15 is 0 Å². The van der Waals surface area contributed by atoms with Crippen molar-refractivity contribution in [3.63, 3.8) is 0 Å². The molecule has 0 aliphatic carbocycles. The Labute approximate surface area is 98.8 Å². The van der Waals surface area contributed by atoms with Crippen LogP contribution in [0, 0.1) is 5.92 Å². The number of carbonyl (C=O) groups is 2. The normalized spacial score (nSPS) is 15.4. The summed E-state index contributed by atoms with van der Waals surface area (Å²) in [4.78, 5) is 24.0. The second-order valence-electron chi connectivity index (χ2n) is 4.30. The van der Waals surface area contributed by atoms with Crippen molar-refractivity contribution < 1.29 is 14.7 Å². The number of carboxylic acids is 1. The summed E-state index contributed by atoms with van der Waals surface area (Å²) in [6.07, 6.45) is 0.126. The number of likely N-dealkylation sites (tertiary alicyclic amines) is 1. The Kier molecular flexibility index (Phi) is 2.99. The number of anilines is 1. The fraction of sp³-hybridized carbons (Fsp3) is 0.333. The molecule has 17 heavy (non-hydrogen) atoms. The highest BCUT2D eigenvalue weighted by atomic mass is 16.4. The van der Waals surface area contributed by atoms with E-state index in [9.17, 15) is 9.59 Å². The maximum atomic E-state index is 11.9. The van der Waals surface area contributed by atoms with E-state index in [1.807, 2.05) is 0 Å². The molecule has 1 aromatic rings. The number of hydrogen-bond donors (Lipinski definition) is 2. The first kappa shape index (κ1) is 11.4. The molecule has 1 aliphatic heterocycles. The SMILES string of the molecule is Nc1cccc(C(=O)N2CC(CC(=O)O)C2)c1. The first-order valence-corrected chi connectivity index (χ1v) is 5.43. The average Bonchev–Trinajstić information content (AvgIpc) is 2.21. The van der Waals surface area contributed by atoms with Crippen LogP contribution in [0.2, 0.25) is 0 Å². The zero-order chi connectivity index (χ0) is 12.4. The number of nitrogen functional groups attached to an aromatic ring is 1. The molecule has 0 unspecified atom stereocenters. The molecule has 5 heteroatoms. The standard InChI is InChI=1S/C12H14N2O3/c13-10-3-1-2-9(5-10)12(17)14-6-8(7-14)4-11(15)16/h1-3,5,8H,4,6-7,13H2,(H,15,16). The number of nitrogens with two attached hydrogens (primary N) is 1. The van der Waals surface area contributed by atoms with Crippen LogP contribution in [0.5, 0.6) is 0 Å². The lowest BCUT2D eigenvalue weighted by atomic mass is 9.95. The molecular weight excluding hydrogens is 220 g/mol. The van der Waals surface area contributed by atoms with E-state index in [1.165, 1.54) is 0 Å². The first-order chi connectivity index (χ1) is 8.06. The molecule has 90 valence electrons. The molecule has 2 rings (SSSR count). The lowest BCUT2D eigenvalue weighted by molar-refractivity contribution is -0.139. The maximum absolute atomic E-state index is 11.9. The molecule has 0 aromatic heterocycles. The van der Waals surface area contributed by atoms with Crippen molar-refractivity contribution in [3.8, 4) is 0 Å². The summed E-state index contributed by atoms with van der Waals surface area (Å²) in [5, 5.41) is 8.61. The minimum atomic E-state index is -0.814. The van der Waals surface area contributed by atoms with Crippen LogP contribution in [0.15, 0.2) is 24.3 Å². The van der Waals surface area contributed by atoms with Gasteiger partial charge in [0.25, 0.3) is 5.91 Å². The van der Waals surface area contributed by atoms with E-state index in [0.29, 0.717) is 24.3 Å². The summed E-state index contributed by atoms with van der Waals surface area (Å²) in [6.45, 7) is 1.03. The van der Waals surface area contributed by atoms with Gasteiger partial charge in [0.2, 0.25) is 0 Å². The van der Waals surface area contributed by atoms with Crippen LogP contribution in [-0.2, 0) is 4.79 Å². The van der Waals surface area contributed by atoms with Crippen LogP contribution < -0.4 is 5.73 Å². The highest BCUT2D eigenvalue weighted by molar-refractivity contribution is 5.95. The number of carboxylic acid groups (broad SMARTS) is 1. The molecule has 0 spiro atoms. The molecule has 0 radical (unpaired) electrons. The van der Waals surface area contributed by atoms with Gasteiger partial charge in [0, 0.05) is 30.3 Å². The van der Waals surface area contributed by atoms with Gasteiger partial charge in [-0.25, -0.2) is 0 Å². The third kappa shape index (κ3) is 2.55. The number of benzene rings is 1. The molecule has 1 amide bonds. The molecular formula is C12H14N2O3. The lowest BCUT2D eigenvalue weighted by Gasteiger charge is -2.38. The smallest absolute Gasteiger partial charge is 0.303 e. The largest absolute Gasteiger partial charge is 0.481 e. The minimum Gasteiger partial charge on any atom is -0.481 e. The van der Waals surface area contributed by atoms with Crippen molar-refractivity contribution in [1.29, 1.82) is 0 Å². The van der Waals surface area contributed by atoms with E-state index in [0.717, 1.165) is 0 Å². The maximum Gasteiger partial charge on any atom is 0.303 e. The van der Waals surface area contributed by atoms with Crippen molar-refractivity contribution in [2.24, 2.45) is 5.92 Å². The molecule has 3 N–H and O–H groups in total. The van der Waals surface area contributed by atoms with Gasteiger partial charge in [0.15, 0.2) is 0 Å². The molecule has 1 heterocycles. The number of hydrogen-bond acceptors (Lipinski definition) is 3. The van der Waals surface area contributed by atoms with Gasteiger partial charge < -0.3 is 15.7 Å². The summed E-state index contributed by atoms with van der Waals surface area (Å²) in [5.74, 6) is -0.817. The van der Waals surface area contributed by atoms with Crippen molar-refractivity contribution >= 4 is 17.6 Å². The zero-order valence-electron chi connectivity index (χ0n) is 9.30. The van der Waals surface area contributed by atoms with Gasteiger partial charge in [0.05, 0.1) is 6.42 Å². The topological polar surface area (TPSA) is 83.6 Å². The van der Waals surface area contributed by atoms with Gasteiger partial charge in [0.1, 0.15) is 0 Å². The molecule has 5 nitrogen and oxygen atoms in total. The van der Waals surface area contributed by atoms with E-state index < -0.39 is 5.97 Å². The number of amides is 1. The summed E-state index contributed by atoms with van der Waals surface area (Å²) in [6, 6.07) is 6.80. The second kappa shape index (κ2) is 4.45. The van der Waals surface area contributed by atoms with Gasteiger partial charge in [-0.2, -0.15) is 0 Å². The zero-order valence-corrected chi connectivity index (χ0v) is 9.30. The third-order valence-corrected chi connectivity index (χ3v) is 2.84. The third-order valence-electron chi connectivity index (χ3n) is 2.84. The molecule has 1 aliphatic rings. The Balaban J connectivity index is 1.93. The summed E-state index contributed by atoms with van der Waals surface area (Å²) in [7, 11) is 0. The monoisotopic (exact) mass is 234 g/mol. The fourth-order valence-corrected chi connectivity index (χ4v) is 1.97. The number of nitrogens with zero attached hydrogens (tertiary/aromatic N) is 1. The summed E-state index contributed by atoms with van der Waals surface area (Å²) in [5.41, 5.74) is 6.71. The molecule has 0 atom stereocenters. The number of carbonyl (C=O) groups excluding carboxylic acids is 1. The van der Waals surface area contributed by atoms with Crippen LogP contribution in [0.3, 0.4) is 0 Å². The molecule has 0 bridgehead atoms. The van der Waals surface area contributed by atoms with Crippen LogP contribution in [0.4, 0.5) is 5.69 Å². The van der Waals surface area contributed by atoms with E-state index in [-0.39, 0.29) is 18.2 Å². The van der Waals surface area contributed by atoms with Crippen LogP contribution >= 0.6 is 0 Å². The Bertz CT molecular complexity index is 453. The van der Waals surface area contributed by atoms with E-state index in [1.54, 1.807) is 29.2 Å². The minimum absolute atomic E-state index is 0.0810. The van der Waals surface area contributed by atoms with E-state index in [2.05, 4.69) is 0 Å². The Morgan fingerprint density at radius 3 is 2.71 bits per heavy atom. The summed E-state index contributed by atoms with van der Waals surface area (Å²) < 4.78 is 0. The predicted octanol–water partition coefficient (Wildman–Crippen LogP) is 0.816. The van der Waals surface area contributed by atoms with Crippen molar-refractivity contribution in [2.75, 3.05) is 18.8 Å². The van der Waals surface area contributed by atoms with Crippen LogP contribution in [0.25, 0.3) is 0 Å². The fourth-order valence-electron chi connectivity index (χ4n) is 1.97. The van der Waals surface area contributed by atoms with Crippen molar-refractivity contribution in [1.82, 2.24) is 4.90 Å². The molecule has 1 saturated heterocycles. The number of aliphatic carboxylic acids is 1. The van der Waals surface area contributed by atoms with Crippen molar-refractivity contribution in [2.45, 2.75) is 6.42 Å². The van der Waals surface area contributed by atoms with Gasteiger partial charge in [-0.15, -0.1) is 0 Å². The van der Waals surface area contributed by atoms with Gasteiger partial charge >= 0.3 is 5.97 Å². The molecule has 1 aromatic carbocycles. The van der Waals surface area contributed by atoms with E-state index in [4.69, 9.17) is 10.8 Å². The molecule has 1 fully saturated rings. The Morgan fingerprint density at radius 2 is 2.12 bits per heavy atom. The predicted molar refractivity (Wildman–Crippen MR) is 62.5 cm³/mol. The molecule has 0 saturated carbocycles. The van der Waals surface area contributed by atoms with Gasteiger partial charge in [-0.1, -0.05) is 6.07 Å². The average molecular weight is 234 g/mol. The number of rotatable bonds is 3. The quantitative estimate of drug-likeness (QED) is 0.758. The van der Waals surface area contributed by atoms with Crippen LogP contribution in [0.1, 0.15) is 16.8 Å².